The molecule has 0 heterocycles. The molecular weight excluding hydrogens is 270 g/mol. The number of hydrogen-bond donors (Lipinski definition) is 3. The molecule has 1 fully saturated rings. The van der Waals surface area contributed by atoms with Crippen LogP contribution in [0.15, 0.2) is 0 Å². The van der Waals surface area contributed by atoms with Gasteiger partial charge in [0, 0.05) is 13.0 Å². The molecule has 0 aromatic rings. The lowest BCUT2D eigenvalue weighted by Crippen LogP contribution is -2.43. The average molecular weight is 299 g/mol. The molecule has 0 spiro atoms. The highest BCUT2D eigenvalue weighted by Gasteiger charge is 2.38. The minimum absolute atomic E-state index is 0.0583. The Hall–Kier alpha value is -1.10. The van der Waals surface area contributed by atoms with Gasteiger partial charge in [0.15, 0.2) is 0 Å². The van der Waals surface area contributed by atoms with E-state index in [1.807, 2.05) is 13.8 Å². The Morgan fingerprint density at radius 1 is 1.24 bits per heavy atom. The Labute approximate surface area is 127 Å². The van der Waals surface area contributed by atoms with Crippen LogP contribution in [-0.4, -0.2) is 34.2 Å². The number of carboxylic acids is 1. The Kier molecular flexibility index (Phi) is 6.20. The van der Waals surface area contributed by atoms with Gasteiger partial charge in [0.05, 0.1) is 12.0 Å². The summed E-state index contributed by atoms with van der Waals surface area (Å²) in [4.78, 5) is 23.1. The summed E-state index contributed by atoms with van der Waals surface area (Å²) in [5.41, 5.74) is -1.31. The lowest BCUT2D eigenvalue weighted by Gasteiger charge is -2.29. The third-order valence-corrected chi connectivity index (χ3v) is 4.24. The van der Waals surface area contributed by atoms with Crippen LogP contribution >= 0.6 is 0 Å². The number of nitrogens with one attached hydrogen (secondary N) is 1. The van der Waals surface area contributed by atoms with Crippen molar-refractivity contribution in [2.24, 2.45) is 11.3 Å². The fourth-order valence-electron chi connectivity index (χ4n) is 3.51. The molecule has 5 nitrogen and oxygen atoms in total. The molecule has 0 aromatic carbocycles. The first-order chi connectivity index (χ1) is 9.64. The van der Waals surface area contributed by atoms with E-state index >= 15 is 0 Å². The first-order valence-electron chi connectivity index (χ1n) is 7.85. The number of carboxylic acid groups (broad SMARTS) is 1. The highest BCUT2D eigenvalue weighted by molar-refractivity contribution is 5.78. The van der Waals surface area contributed by atoms with E-state index in [2.05, 4.69) is 5.32 Å². The van der Waals surface area contributed by atoms with Gasteiger partial charge in [-0.3, -0.25) is 9.59 Å². The number of carbonyl (C=O) groups is 2. The number of aliphatic hydroxyl groups is 1. The van der Waals surface area contributed by atoms with E-state index in [0.717, 1.165) is 25.7 Å². The minimum Gasteiger partial charge on any atom is -0.481 e. The molecule has 122 valence electrons. The maximum absolute atomic E-state index is 12.1. The summed E-state index contributed by atoms with van der Waals surface area (Å²) in [5, 5.41) is 22.0. The largest absolute Gasteiger partial charge is 0.481 e. The smallest absolute Gasteiger partial charge is 0.303 e. The summed E-state index contributed by atoms with van der Waals surface area (Å²) in [5.74, 6) is -0.635. The van der Waals surface area contributed by atoms with Gasteiger partial charge in [-0.2, -0.15) is 0 Å². The molecule has 1 aliphatic rings. The van der Waals surface area contributed by atoms with Crippen LogP contribution in [0.25, 0.3) is 0 Å². The third-order valence-electron chi connectivity index (χ3n) is 4.24. The molecule has 0 aromatic heterocycles. The van der Waals surface area contributed by atoms with Crippen LogP contribution in [0.5, 0.6) is 0 Å². The average Bonchev–Trinajstić information content (AvgIpc) is 2.72. The summed E-state index contributed by atoms with van der Waals surface area (Å²) < 4.78 is 0. The molecule has 0 saturated heterocycles. The molecule has 1 amide bonds. The quantitative estimate of drug-likeness (QED) is 0.642. The van der Waals surface area contributed by atoms with E-state index in [1.165, 1.54) is 0 Å². The summed E-state index contributed by atoms with van der Waals surface area (Å²) in [6, 6.07) is 0. The molecule has 1 unspecified atom stereocenters. The van der Waals surface area contributed by atoms with Gasteiger partial charge in [-0.15, -0.1) is 0 Å². The molecule has 1 rings (SSSR count). The minimum atomic E-state index is -0.917. The van der Waals surface area contributed by atoms with E-state index in [1.54, 1.807) is 6.92 Å². The van der Waals surface area contributed by atoms with E-state index < -0.39 is 11.6 Å². The number of rotatable bonds is 8. The molecule has 1 saturated carbocycles. The van der Waals surface area contributed by atoms with Crippen LogP contribution in [0.1, 0.15) is 65.7 Å². The monoisotopic (exact) mass is 299 g/mol. The highest BCUT2D eigenvalue weighted by atomic mass is 16.4. The van der Waals surface area contributed by atoms with Gasteiger partial charge in [0.2, 0.25) is 5.91 Å². The van der Waals surface area contributed by atoms with Crippen molar-refractivity contribution in [3.8, 4) is 0 Å². The van der Waals surface area contributed by atoms with Gasteiger partial charge in [0.25, 0.3) is 0 Å². The zero-order chi connectivity index (χ0) is 16.1. The molecule has 1 aliphatic carbocycles. The molecular formula is C16H29NO4. The lowest BCUT2D eigenvalue weighted by molar-refractivity contribution is -0.140. The van der Waals surface area contributed by atoms with Gasteiger partial charge in [-0.05, 0) is 37.5 Å². The molecule has 1 atom stereocenters. The second kappa shape index (κ2) is 7.25. The zero-order valence-corrected chi connectivity index (χ0v) is 13.4. The van der Waals surface area contributed by atoms with Crippen molar-refractivity contribution in [2.45, 2.75) is 71.3 Å². The Balaban J connectivity index is 2.50. The first-order valence-corrected chi connectivity index (χ1v) is 7.85. The van der Waals surface area contributed by atoms with Crippen molar-refractivity contribution in [2.75, 3.05) is 6.54 Å². The summed E-state index contributed by atoms with van der Waals surface area (Å²) in [7, 11) is 0. The van der Waals surface area contributed by atoms with Gasteiger partial charge in [0.1, 0.15) is 0 Å². The van der Waals surface area contributed by atoms with Gasteiger partial charge in [-0.25, -0.2) is 0 Å². The maximum atomic E-state index is 12.1. The summed E-state index contributed by atoms with van der Waals surface area (Å²) in [6.45, 7) is 5.98. The second-order valence-electron chi connectivity index (χ2n) is 7.33. The fraction of sp³-hybridized carbons (Fsp3) is 0.875. The van der Waals surface area contributed by atoms with Gasteiger partial charge >= 0.3 is 5.97 Å². The molecule has 0 radical (unpaired) electrons. The topological polar surface area (TPSA) is 86.6 Å². The van der Waals surface area contributed by atoms with Crippen LogP contribution < -0.4 is 5.32 Å². The van der Waals surface area contributed by atoms with Crippen molar-refractivity contribution in [1.82, 2.24) is 5.32 Å². The predicted molar refractivity (Wildman–Crippen MR) is 80.9 cm³/mol. The number of aliphatic carboxylic acids is 1. The Morgan fingerprint density at radius 3 is 2.29 bits per heavy atom. The van der Waals surface area contributed by atoms with Crippen molar-refractivity contribution in [3.05, 3.63) is 0 Å². The summed E-state index contributed by atoms with van der Waals surface area (Å²) in [6.07, 6.45) is 4.51. The van der Waals surface area contributed by atoms with Gasteiger partial charge in [-0.1, -0.05) is 26.7 Å². The van der Waals surface area contributed by atoms with Crippen molar-refractivity contribution in [3.63, 3.8) is 0 Å². The van der Waals surface area contributed by atoms with E-state index in [0.29, 0.717) is 12.3 Å². The fourth-order valence-corrected chi connectivity index (χ4v) is 3.51. The molecule has 0 bridgehead atoms. The van der Waals surface area contributed by atoms with E-state index in [9.17, 15) is 14.7 Å². The van der Waals surface area contributed by atoms with Crippen LogP contribution in [0.2, 0.25) is 0 Å². The Morgan fingerprint density at radius 2 is 1.81 bits per heavy atom. The van der Waals surface area contributed by atoms with Crippen LogP contribution in [0, 0.1) is 11.3 Å². The van der Waals surface area contributed by atoms with E-state index in [4.69, 9.17) is 5.11 Å². The van der Waals surface area contributed by atoms with Crippen molar-refractivity contribution in [1.29, 1.82) is 0 Å². The van der Waals surface area contributed by atoms with Gasteiger partial charge < -0.3 is 15.5 Å². The third kappa shape index (κ3) is 6.46. The van der Waals surface area contributed by atoms with Crippen LogP contribution in [-0.2, 0) is 9.59 Å². The number of amides is 1. The normalized spacial score (nSPS) is 20.2. The summed E-state index contributed by atoms with van der Waals surface area (Å²) >= 11 is 0. The molecule has 0 aliphatic heterocycles. The highest BCUT2D eigenvalue weighted by Crippen LogP contribution is 2.44. The Bertz CT molecular complexity index is 370. The zero-order valence-electron chi connectivity index (χ0n) is 13.4. The number of hydrogen-bond acceptors (Lipinski definition) is 3. The van der Waals surface area contributed by atoms with Crippen molar-refractivity contribution < 1.29 is 19.8 Å². The molecule has 21 heavy (non-hydrogen) atoms. The second-order valence-corrected chi connectivity index (χ2v) is 7.33. The maximum Gasteiger partial charge on any atom is 0.303 e. The lowest BCUT2D eigenvalue weighted by atomic mass is 9.79. The van der Waals surface area contributed by atoms with Crippen molar-refractivity contribution >= 4 is 11.9 Å². The van der Waals surface area contributed by atoms with Crippen LogP contribution in [0.3, 0.4) is 0 Å². The number of carbonyl (C=O) groups excluding carboxylic acids is 1. The molecule has 3 N–H and O–H groups in total. The standard InChI is InChI=1S/C16H29NO4/c1-12(2)8-15(3,21)11-17-13(18)9-16(10-14(19)20)6-4-5-7-16/h12,21H,4-11H2,1-3H3,(H,17,18)(H,19,20). The van der Waals surface area contributed by atoms with Crippen LogP contribution in [0.4, 0.5) is 0 Å². The predicted octanol–water partition coefficient (Wildman–Crippen LogP) is 2.32. The van der Waals surface area contributed by atoms with E-state index in [-0.39, 0.29) is 30.7 Å². The first kappa shape index (κ1) is 18.0. The molecule has 5 heteroatoms. The SMILES string of the molecule is CC(C)CC(C)(O)CNC(=O)CC1(CC(=O)O)CCCC1.